The molecular formula is C14H16N4O2. The van der Waals surface area contributed by atoms with Gasteiger partial charge in [-0.1, -0.05) is 24.3 Å². The van der Waals surface area contributed by atoms with Crippen LogP contribution in [0.25, 0.3) is 0 Å². The third-order valence-electron chi connectivity index (χ3n) is 3.74. The monoisotopic (exact) mass is 272 g/mol. The quantitative estimate of drug-likeness (QED) is 0.890. The number of hydrogen-bond donors (Lipinski definition) is 1. The summed E-state index contributed by atoms with van der Waals surface area (Å²) in [7, 11) is 0. The number of aryl methyl sites for hydroxylation is 1. The van der Waals surface area contributed by atoms with Crippen molar-refractivity contribution in [3.8, 4) is 0 Å². The van der Waals surface area contributed by atoms with E-state index in [0.717, 1.165) is 18.7 Å². The van der Waals surface area contributed by atoms with Gasteiger partial charge in [0.15, 0.2) is 5.82 Å². The fraction of sp³-hybridized carbons (Fsp3) is 0.429. The number of nitrogens with zero attached hydrogens (tertiary/aromatic N) is 4. The molecule has 0 fully saturated rings. The van der Waals surface area contributed by atoms with E-state index in [1.54, 1.807) is 4.68 Å². The van der Waals surface area contributed by atoms with E-state index in [4.69, 9.17) is 5.11 Å². The molecule has 1 aliphatic carbocycles. The molecule has 0 bridgehead atoms. The van der Waals surface area contributed by atoms with Gasteiger partial charge in [-0.25, -0.2) is 4.68 Å². The van der Waals surface area contributed by atoms with Gasteiger partial charge in [0.05, 0.1) is 0 Å². The molecule has 0 atom stereocenters. The molecule has 20 heavy (non-hydrogen) atoms. The van der Waals surface area contributed by atoms with Crippen LogP contribution in [0.3, 0.4) is 0 Å². The summed E-state index contributed by atoms with van der Waals surface area (Å²) in [4.78, 5) is 10.6. The summed E-state index contributed by atoms with van der Waals surface area (Å²) < 4.78 is 1.75. The van der Waals surface area contributed by atoms with Crippen LogP contribution >= 0.6 is 0 Å². The minimum Gasteiger partial charge on any atom is -0.481 e. The SMILES string of the molecule is O=C(O)CCCn1nnnc1C1Cc2ccccc2C1. The summed E-state index contributed by atoms with van der Waals surface area (Å²) in [5, 5.41) is 20.5. The number of aromatic nitrogens is 4. The molecule has 2 aromatic rings. The lowest BCUT2D eigenvalue weighted by molar-refractivity contribution is -0.137. The van der Waals surface area contributed by atoms with Gasteiger partial charge in [-0.15, -0.1) is 5.10 Å². The highest BCUT2D eigenvalue weighted by Crippen LogP contribution is 2.32. The summed E-state index contributed by atoms with van der Waals surface area (Å²) in [6.45, 7) is 0.557. The average molecular weight is 272 g/mol. The van der Waals surface area contributed by atoms with Crippen molar-refractivity contribution in [1.82, 2.24) is 20.2 Å². The Kier molecular flexibility index (Phi) is 3.45. The Bertz CT molecular complexity index is 598. The van der Waals surface area contributed by atoms with Crippen molar-refractivity contribution in [2.24, 2.45) is 0 Å². The zero-order valence-corrected chi connectivity index (χ0v) is 11.1. The Balaban J connectivity index is 1.70. The number of fused-ring (bicyclic) bond motifs is 1. The number of carboxylic acid groups (broad SMARTS) is 1. The van der Waals surface area contributed by atoms with Gasteiger partial charge in [-0.3, -0.25) is 4.79 Å². The summed E-state index contributed by atoms with van der Waals surface area (Å²) in [5.74, 6) is 0.381. The summed E-state index contributed by atoms with van der Waals surface area (Å²) >= 11 is 0. The lowest BCUT2D eigenvalue weighted by atomic mass is 10.1. The minimum absolute atomic E-state index is 0.143. The average Bonchev–Trinajstić information content (AvgIpc) is 3.03. The summed E-state index contributed by atoms with van der Waals surface area (Å²) in [6.07, 6.45) is 2.60. The van der Waals surface area contributed by atoms with Gasteiger partial charge in [-0.05, 0) is 40.8 Å². The van der Waals surface area contributed by atoms with Gasteiger partial charge in [0.2, 0.25) is 0 Å². The van der Waals surface area contributed by atoms with Crippen LogP contribution in [0.4, 0.5) is 0 Å². The molecule has 0 radical (unpaired) electrons. The van der Waals surface area contributed by atoms with Crippen molar-refractivity contribution in [1.29, 1.82) is 0 Å². The number of rotatable bonds is 5. The fourth-order valence-corrected chi connectivity index (χ4v) is 2.78. The van der Waals surface area contributed by atoms with E-state index < -0.39 is 5.97 Å². The molecule has 0 amide bonds. The van der Waals surface area contributed by atoms with Crippen LogP contribution in [-0.2, 0) is 24.2 Å². The van der Waals surface area contributed by atoms with Gasteiger partial charge in [-0.2, -0.15) is 0 Å². The first-order valence-electron chi connectivity index (χ1n) is 6.78. The highest BCUT2D eigenvalue weighted by molar-refractivity contribution is 5.66. The molecule has 1 aliphatic rings. The molecule has 0 aliphatic heterocycles. The number of carbonyl (C=O) groups is 1. The van der Waals surface area contributed by atoms with E-state index >= 15 is 0 Å². The third kappa shape index (κ3) is 2.54. The van der Waals surface area contributed by atoms with Crippen LogP contribution < -0.4 is 0 Å². The van der Waals surface area contributed by atoms with Crippen molar-refractivity contribution in [2.75, 3.05) is 0 Å². The van der Waals surface area contributed by atoms with E-state index in [2.05, 4.69) is 39.8 Å². The molecule has 1 aromatic carbocycles. The zero-order chi connectivity index (χ0) is 13.9. The molecule has 1 heterocycles. The van der Waals surface area contributed by atoms with Crippen molar-refractivity contribution in [3.63, 3.8) is 0 Å². The van der Waals surface area contributed by atoms with Gasteiger partial charge in [0.25, 0.3) is 0 Å². The van der Waals surface area contributed by atoms with Crippen LogP contribution in [0.1, 0.15) is 35.7 Å². The van der Waals surface area contributed by atoms with E-state index in [1.807, 2.05) is 0 Å². The smallest absolute Gasteiger partial charge is 0.303 e. The van der Waals surface area contributed by atoms with E-state index in [-0.39, 0.29) is 6.42 Å². The highest BCUT2D eigenvalue weighted by Gasteiger charge is 2.26. The molecule has 0 saturated carbocycles. The first-order chi connectivity index (χ1) is 9.74. The number of benzene rings is 1. The predicted molar refractivity (Wildman–Crippen MR) is 71.3 cm³/mol. The van der Waals surface area contributed by atoms with Crippen molar-refractivity contribution >= 4 is 5.97 Å². The Morgan fingerprint density at radius 1 is 1.30 bits per heavy atom. The van der Waals surface area contributed by atoms with Crippen molar-refractivity contribution in [3.05, 3.63) is 41.2 Å². The summed E-state index contributed by atoms with van der Waals surface area (Å²) in [5.41, 5.74) is 2.72. The second-order valence-electron chi connectivity index (χ2n) is 5.13. The molecule has 0 unspecified atom stereocenters. The van der Waals surface area contributed by atoms with Crippen LogP contribution in [0.2, 0.25) is 0 Å². The second kappa shape index (κ2) is 5.40. The topological polar surface area (TPSA) is 80.9 Å². The Morgan fingerprint density at radius 2 is 2.00 bits per heavy atom. The van der Waals surface area contributed by atoms with E-state index in [9.17, 15) is 4.79 Å². The molecule has 1 N–H and O–H groups in total. The number of tetrazole rings is 1. The molecule has 1 aromatic heterocycles. The largest absolute Gasteiger partial charge is 0.481 e. The Morgan fingerprint density at radius 3 is 2.65 bits per heavy atom. The number of aliphatic carboxylic acids is 1. The van der Waals surface area contributed by atoms with Crippen LogP contribution in [0, 0.1) is 0 Å². The number of hydrogen-bond acceptors (Lipinski definition) is 4. The molecular weight excluding hydrogens is 256 g/mol. The molecule has 0 saturated heterocycles. The molecule has 6 heteroatoms. The zero-order valence-electron chi connectivity index (χ0n) is 11.1. The predicted octanol–water partition coefficient (Wildman–Crippen LogP) is 1.42. The van der Waals surface area contributed by atoms with Gasteiger partial charge in [0, 0.05) is 18.9 Å². The van der Waals surface area contributed by atoms with Crippen LogP contribution in [0.5, 0.6) is 0 Å². The third-order valence-corrected chi connectivity index (χ3v) is 3.74. The fourth-order valence-electron chi connectivity index (χ4n) is 2.78. The minimum atomic E-state index is -0.784. The maximum atomic E-state index is 10.6. The molecule has 104 valence electrons. The number of carboxylic acids is 1. The van der Waals surface area contributed by atoms with E-state index in [1.165, 1.54) is 11.1 Å². The van der Waals surface area contributed by atoms with Gasteiger partial charge >= 0.3 is 5.97 Å². The lowest BCUT2D eigenvalue weighted by Gasteiger charge is -2.09. The summed E-state index contributed by atoms with van der Waals surface area (Å²) in [6, 6.07) is 8.40. The molecule has 0 spiro atoms. The van der Waals surface area contributed by atoms with Crippen LogP contribution in [-0.4, -0.2) is 31.3 Å². The standard InChI is InChI=1S/C14H16N4O2/c19-13(20)6-3-7-18-14(15-16-17-18)12-8-10-4-1-2-5-11(10)9-12/h1-2,4-5,12H,3,6-9H2,(H,19,20). The maximum absolute atomic E-state index is 10.6. The van der Waals surface area contributed by atoms with Gasteiger partial charge in [0.1, 0.15) is 0 Å². The Hall–Kier alpha value is -2.24. The highest BCUT2D eigenvalue weighted by atomic mass is 16.4. The Labute approximate surface area is 116 Å². The molecule has 3 rings (SSSR count). The first-order valence-corrected chi connectivity index (χ1v) is 6.78. The maximum Gasteiger partial charge on any atom is 0.303 e. The van der Waals surface area contributed by atoms with Crippen LogP contribution in [0.15, 0.2) is 24.3 Å². The molecule has 6 nitrogen and oxygen atoms in total. The second-order valence-corrected chi connectivity index (χ2v) is 5.13. The van der Waals surface area contributed by atoms with E-state index in [0.29, 0.717) is 18.9 Å². The van der Waals surface area contributed by atoms with Gasteiger partial charge < -0.3 is 5.11 Å². The van der Waals surface area contributed by atoms with Crippen molar-refractivity contribution < 1.29 is 9.90 Å². The van der Waals surface area contributed by atoms with Crippen molar-refractivity contribution in [2.45, 2.75) is 38.1 Å². The normalized spacial score (nSPS) is 14.4. The first kappa shape index (κ1) is 12.8. The lowest BCUT2D eigenvalue weighted by Crippen LogP contribution is -2.12.